The highest BCUT2D eigenvalue weighted by Gasteiger charge is 2.23. The van der Waals surface area contributed by atoms with Crippen LogP contribution in [0.3, 0.4) is 0 Å². The zero-order chi connectivity index (χ0) is 14.7. The van der Waals surface area contributed by atoms with E-state index in [1.807, 2.05) is 11.3 Å². The predicted octanol–water partition coefficient (Wildman–Crippen LogP) is 4.17. The van der Waals surface area contributed by atoms with E-state index in [2.05, 4.69) is 50.9 Å². The van der Waals surface area contributed by atoms with E-state index in [4.69, 9.17) is 0 Å². The monoisotopic (exact) mass is 294 g/mol. The number of hydrogen-bond acceptors (Lipinski definition) is 3. The Morgan fingerprint density at radius 1 is 1.35 bits per heavy atom. The van der Waals surface area contributed by atoms with Crippen molar-refractivity contribution in [2.75, 3.05) is 6.54 Å². The maximum atomic E-state index is 3.52. The quantitative estimate of drug-likeness (QED) is 0.876. The lowest BCUT2D eigenvalue weighted by molar-refractivity contribution is 0.117. The van der Waals surface area contributed by atoms with E-state index in [9.17, 15) is 0 Å². The van der Waals surface area contributed by atoms with Crippen molar-refractivity contribution in [2.24, 2.45) is 5.92 Å². The maximum absolute atomic E-state index is 3.52. The SMILES string of the molecule is Cc1sc(CNC(C)C)cc1CN1CC(C)CCC1C. The smallest absolute Gasteiger partial charge is 0.0302 e. The molecule has 2 unspecified atom stereocenters. The number of nitrogens with zero attached hydrogens (tertiary/aromatic N) is 1. The van der Waals surface area contributed by atoms with Crippen LogP contribution in [0.25, 0.3) is 0 Å². The summed E-state index contributed by atoms with van der Waals surface area (Å²) in [4.78, 5) is 5.64. The van der Waals surface area contributed by atoms with Gasteiger partial charge in [0.05, 0.1) is 0 Å². The molecule has 114 valence electrons. The van der Waals surface area contributed by atoms with Gasteiger partial charge in [-0.15, -0.1) is 11.3 Å². The molecule has 0 radical (unpaired) electrons. The molecule has 1 aliphatic heterocycles. The van der Waals surface area contributed by atoms with Gasteiger partial charge >= 0.3 is 0 Å². The third kappa shape index (κ3) is 4.31. The van der Waals surface area contributed by atoms with Crippen molar-refractivity contribution in [3.05, 3.63) is 21.4 Å². The molecule has 1 saturated heterocycles. The minimum Gasteiger partial charge on any atom is -0.310 e. The molecule has 1 aromatic rings. The molecule has 0 aromatic carbocycles. The third-order valence-corrected chi connectivity index (χ3v) is 5.47. The second kappa shape index (κ2) is 7.06. The molecule has 0 bridgehead atoms. The van der Waals surface area contributed by atoms with Gasteiger partial charge in [-0.2, -0.15) is 0 Å². The largest absolute Gasteiger partial charge is 0.310 e. The van der Waals surface area contributed by atoms with Crippen LogP contribution >= 0.6 is 11.3 Å². The van der Waals surface area contributed by atoms with Crippen LogP contribution in [-0.2, 0) is 13.1 Å². The van der Waals surface area contributed by atoms with Gasteiger partial charge in [-0.05, 0) is 44.2 Å². The van der Waals surface area contributed by atoms with Gasteiger partial charge in [-0.25, -0.2) is 0 Å². The summed E-state index contributed by atoms with van der Waals surface area (Å²) in [6.45, 7) is 14.9. The van der Waals surface area contributed by atoms with Crippen molar-refractivity contribution in [3.63, 3.8) is 0 Å². The number of thiophene rings is 1. The van der Waals surface area contributed by atoms with Gasteiger partial charge < -0.3 is 5.32 Å². The van der Waals surface area contributed by atoms with Gasteiger partial charge in [0, 0.05) is 41.5 Å². The Kier molecular flexibility index (Phi) is 5.65. The fourth-order valence-electron chi connectivity index (χ4n) is 2.96. The Morgan fingerprint density at radius 3 is 2.80 bits per heavy atom. The second-order valence-electron chi connectivity index (χ2n) is 6.79. The summed E-state index contributed by atoms with van der Waals surface area (Å²) in [6.07, 6.45) is 2.75. The number of rotatable bonds is 5. The van der Waals surface area contributed by atoms with Crippen LogP contribution in [0.15, 0.2) is 6.07 Å². The highest BCUT2D eigenvalue weighted by atomic mass is 32.1. The minimum atomic E-state index is 0.559. The molecule has 2 atom stereocenters. The van der Waals surface area contributed by atoms with E-state index in [1.165, 1.54) is 34.7 Å². The van der Waals surface area contributed by atoms with E-state index in [0.29, 0.717) is 6.04 Å². The molecule has 0 aliphatic carbocycles. The molecule has 1 aliphatic rings. The van der Waals surface area contributed by atoms with Gasteiger partial charge in [0.15, 0.2) is 0 Å². The molecule has 20 heavy (non-hydrogen) atoms. The third-order valence-electron chi connectivity index (χ3n) is 4.38. The molecule has 2 nitrogen and oxygen atoms in total. The van der Waals surface area contributed by atoms with Crippen LogP contribution in [0.4, 0.5) is 0 Å². The summed E-state index contributed by atoms with van der Waals surface area (Å²) in [6, 6.07) is 3.72. The Labute approximate surface area is 128 Å². The second-order valence-corrected chi connectivity index (χ2v) is 8.13. The van der Waals surface area contributed by atoms with Crippen molar-refractivity contribution < 1.29 is 0 Å². The predicted molar refractivity (Wildman–Crippen MR) is 89.3 cm³/mol. The Morgan fingerprint density at radius 2 is 2.10 bits per heavy atom. The average molecular weight is 295 g/mol. The maximum Gasteiger partial charge on any atom is 0.0302 e. The fraction of sp³-hybridized carbons (Fsp3) is 0.765. The molecule has 1 aromatic heterocycles. The Bertz CT molecular complexity index is 425. The number of likely N-dealkylation sites (tertiary alicyclic amines) is 1. The molecule has 0 saturated carbocycles. The number of piperidine rings is 1. The summed E-state index contributed by atoms with van der Waals surface area (Å²) in [5, 5.41) is 3.52. The van der Waals surface area contributed by atoms with Crippen LogP contribution in [0.5, 0.6) is 0 Å². The summed E-state index contributed by atoms with van der Waals surface area (Å²) in [5.41, 5.74) is 1.54. The van der Waals surface area contributed by atoms with E-state index < -0.39 is 0 Å². The van der Waals surface area contributed by atoms with E-state index in [0.717, 1.165) is 25.0 Å². The highest BCUT2D eigenvalue weighted by molar-refractivity contribution is 7.12. The highest BCUT2D eigenvalue weighted by Crippen LogP contribution is 2.27. The normalized spacial score (nSPS) is 24.5. The van der Waals surface area contributed by atoms with Gasteiger partial charge in [-0.1, -0.05) is 20.8 Å². The first-order valence-electron chi connectivity index (χ1n) is 8.01. The molecule has 1 fully saturated rings. The lowest BCUT2D eigenvalue weighted by atomic mass is 9.94. The van der Waals surface area contributed by atoms with Crippen molar-refractivity contribution in [2.45, 2.75) is 72.6 Å². The van der Waals surface area contributed by atoms with Gasteiger partial charge in [0.25, 0.3) is 0 Å². The van der Waals surface area contributed by atoms with Crippen molar-refractivity contribution in [3.8, 4) is 0 Å². The Hall–Kier alpha value is -0.380. The molecular formula is C17H30N2S. The summed E-state index contributed by atoms with van der Waals surface area (Å²) in [5.74, 6) is 0.854. The van der Waals surface area contributed by atoms with Crippen LogP contribution in [0.2, 0.25) is 0 Å². The molecule has 2 heterocycles. The van der Waals surface area contributed by atoms with E-state index in [1.54, 1.807) is 0 Å². The van der Waals surface area contributed by atoms with Crippen molar-refractivity contribution in [1.82, 2.24) is 10.2 Å². The van der Waals surface area contributed by atoms with Crippen LogP contribution in [0, 0.1) is 12.8 Å². The van der Waals surface area contributed by atoms with Crippen LogP contribution in [-0.4, -0.2) is 23.5 Å². The average Bonchev–Trinajstić information content (AvgIpc) is 2.72. The first kappa shape index (κ1) is 16.0. The lowest BCUT2D eigenvalue weighted by Crippen LogP contribution is -2.40. The summed E-state index contributed by atoms with van der Waals surface area (Å²) < 4.78 is 0. The summed E-state index contributed by atoms with van der Waals surface area (Å²) in [7, 11) is 0. The first-order chi connectivity index (χ1) is 9.45. The summed E-state index contributed by atoms with van der Waals surface area (Å²) >= 11 is 1.96. The molecule has 3 heteroatoms. The van der Waals surface area contributed by atoms with E-state index in [-0.39, 0.29) is 0 Å². The molecule has 0 amide bonds. The Balaban J connectivity index is 1.98. The van der Waals surface area contributed by atoms with Crippen LogP contribution in [0.1, 0.15) is 55.9 Å². The zero-order valence-electron chi connectivity index (χ0n) is 13.7. The number of hydrogen-bond donors (Lipinski definition) is 1. The van der Waals surface area contributed by atoms with Gasteiger partial charge in [-0.3, -0.25) is 4.90 Å². The lowest BCUT2D eigenvalue weighted by Gasteiger charge is -2.36. The molecular weight excluding hydrogens is 264 g/mol. The first-order valence-corrected chi connectivity index (χ1v) is 8.83. The molecule has 0 spiro atoms. The van der Waals surface area contributed by atoms with Crippen LogP contribution < -0.4 is 5.32 Å². The minimum absolute atomic E-state index is 0.559. The van der Waals surface area contributed by atoms with Crippen molar-refractivity contribution >= 4 is 11.3 Å². The number of aryl methyl sites for hydroxylation is 1. The van der Waals surface area contributed by atoms with Crippen molar-refractivity contribution in [1.29, 1.82) is 0 Å². The molecule has 1 N–H and O–H groups in total. The van der Waals surface area contributed by atoms with E-state index >= 15 is 0 Å². The fourth-order valence-corrected chi connectivity index (χ4v) is 3.96. The van der Waals surface area contributed by atoms with Gasteiger partial charge in [0.1, 0.15) is 0 Å². The zero-order valence-corrected chi connectivity index (χ0v) is 14.5. The molecule has 2 rings (SSSR count). The topological polar surface area (TPSA) is 15.3 Å². The number of nitrogens with one attached hydrogen (secondary N) is 1. The van der Waals surface area contributed by atoms with Gasteiger partial charge in [0.2, 0.25) is 0 Å². The standard InChI is InChI=1S/C17H30N2S/c1-12(2)18-9-17-8-16(15(5)20-17)11-19-10-13(3)6-7-14(19)4/h8,12-14,18H,6-7,9-11H2,1-5H3.